The number of unbranched alkanes of at least 4 members (excludes halogenated alkanes) is 1. The van der Waals surface area contributed by atoms with E-state index in [4.69, 9.17) is 15.2 Å². The molecule has 0 saturated heterocycles. The molecule has 0 atom stereocenters. The number of nitrogens with one attached hydrogen (secondary N) is 1. The van der Waals surface area contributed by atoms with Gasteiger partial charge >= 0.3 is 0 Å². The minimum absolute atomic E-state index is 0.475. The van der Waals surface area contributed by atoms with Crippen molar-refractivity contribution in [1.82, 2.24) is 40.4 Å². The van der Waals surface area contributed by atoms with Gasteiger partial charge in [0.15, 0.2) is 5.82 Å². The predicted octanol–water partition coefficient (Wildman–Crippen LogP) is 8.16. The van der Waals surface area contributed by atoms with E-state index >= 15 is 0 Å². The van der Waals surface area contributed by atoms with Crippen LogP contribution in [0.4, 0.5) is 0 Å². The van der Waals surface area contributed by atoms with Gasteiger partial charge in [0.05, 0.1) is 16.9 Å². The molecule has 0 bridgehead atoms. The molecule has 43 heavy (non-hydrogen) atoms. The standard InChI is InChI=1S/C35H42N8/c1-2-3-18-30-36-33-31(26-12-6-4-7-13-26)37-38-32(27-14-8-5-9-15-27)34(33)43(30)23-24-19-21-25(22-20-24)28-16-10-11-17-29(28)35-39-41-42-40-35/h10-11,16-17,19-22,26-27H,2-9,12-15,18,23H2,1H3,(H,39,40,41,42). The first-order valence-corrected chi connectivity index (χ1v) is 16.5. The average Bonchev–Trinajstić information content (AvgIpc) is 3.74. The Kier molecular flexibility index (Phi) is 8.26. The number of hydrogen-bond acceptors (Lipinski definition) is 6. The third-order valence-electron chi connectivity index (χ3n) is 9.67. The van der Waals surface area contributed by atoms with Crippen LogP contribution in [-0.2, 0) is 13.0 Å². The minimum atomic E-state index is 0.475. The van der Waals surface area contributed by atoms with Crippen LogP contribution in [0.15, 0.2) is 48.5 Å². The smallest absolute Gasteiger partial charge is 0.180 e. The summed E-state index contributed by atoms with van der Waals surface area (Å²) in [5, 5.41) is 24.7. The lowest BCUT2D eigenvalue weighted by molar-refractivity contribution is 0.425. The molecule has 222 valence electrons. The van der Waals surface area contributed by atoms with E-state index in [9.17, 15) is 0 Å². The number of fused-ring (bicyclic) bond motifs is 1. The Balaban J connectivity index is 1.29. The van der Waals surface area contributed by atoms with Crippen LogP contribution < -0.4 is 0 Å². The zero-order valence-electron chi connectivity index (χ0n) is 25.3. The van der Waals surface area contributed by atoms with Crippen LogP contribution in [-0.4, -0.2) is 40.4 Å². The topological polar surface area (TPSA) is 98.1 Å². The van der Waals surface area contributed by atoms with Crippen molar-refractivity contribution >= 4 is 11.0 Å². The second-order valence-electron chi connectivity index (χ2n) is 12.5. The molecule has 2 fully saturated rings. The molecule has 2 aromatic carbocycles. The largest absolute Gasteiger partial charge is 0.322 e. The van der Waals surface area contributed by atoms with Crippen LogP contribution in [0.3, 0.4) is 0 Å². The summed E-state index contributed by atoms with van der Waals surface area (Å²) in [4.78, 5) is 5.42. The SMILES string of the molecule is CCCCc1nc2c(C3CCCCC3)nnc(C3CCCCC3)c2n1Cc1ccc(-c2ccccc2-c2nnn[nH]2)cc1. The van der Waals surface area contributed by atoms with E-state index in [1.165, 1.54) is 86.8 Å². The zero-order valence-corrected chi connectivity index (χ0v) is 25.3. The molecule has 3 heterocycles. The fraction of sp³-hybridized carbons (Fsp3) is 0.486. The van der Waals surface area contributed by atoms with E-state index in [-0.39, 0.29) is 0 Å². The van der Waals surface area contributed by atoms with Gasteiger partial charge in [-0.3, -0.25) is 0 Å². The predicted molar refractivity (Wildman–Crippen MR) is 170 cm³/mol. The van der Waals surface area contributed by atoms with Crippen molar-refractivity contribution in [3.63, 3.8) is 0 Å². The number of rotatable bonds is 9. The average molecular weight is 575 g/mol. The number of H-pyrrole nitrogens is 1. The molecule has 0 amide bonds. The maximum atomic E-state index is 5.42. The second kappa shape index (κ2) is 12.7. The lowest BCUT2D eigenvalue weighted by Gasteiger charge is -2.24. The van der Waals surface area contributed by atoms with Gasteiger partial charge in [0.2, 0.25) is 0 Å². The summed E-state index contributed by atoms with van der Waals surface area (Å²) in [5.41, 5.74) is 9.26. The number of aromatic nitrogens is 8. The highest BCUT2D eigenvalue weighted by molar-refractivity contribution is 5.82. The minimum Gasteiger partial charge on any atom is -0.322 e. The van der Waals surface area contributed by atoms with Gasteiger partial charge in [0, 0.05) is 30.4 Å². The number of imidazole rings is 1. The van der Waals surface area contributed by atoms with Crippen molar-refractivity contribution in [2.24, 2.45) is 0 Å². The van der Waals surface area contributed by atoms with Crippen LogP contribution >= 0.6 is 0 Å². The van der Waals surface area contributed by atoms with Gasteiger partial charge in [-0.1, -0.05) is 100 Å². The molecule has 3 aromatic heterocycles. The Bertz CT molecular complexity index is 1640. The zero-order chi connectivity index (χ0) is 29.0. The van der Waals surface area contributed by atoms with Crippen molar-refractivity contribution in [3.8, 4) is 22.5 Å². The highest BCUT2D eigenvalue weighted by Gasteiger charge is 2.29. The molecular weight excluding hydrogens is 532 g/mol. The molecule has 0 aliphatic heterocycles. The number of nitrogens with zero attached hydrogens (tertiary/aromatic N) is 7. The van der Waals surface area contributed by atoms with Gasteiger partial charge in [-0.2, -0.15) is 10.2 Å². The molecular formula is C35H42N8. The summed E-state index contributed by atoms with van der Waals surface area (Å²) in [6.07, 6.45) is 15.9. The lowest BCUT2D eigenvalue weighted by Crippen LogP contribution is -2.15. The normalized spacial score (nSPS) is 16.7. The highest BCUT2D eigenvalue weighted by atomic mass is 15.5. The summed E-state index contributed by atoms with van der Waals surface area (Å²) < 4.78 is 2.51. The van der Waals surface area contributed by atoms with Gasteiger partial charge in [-0.05, 0) is 59.2 Å². The Morgan fingerprint density at radius 1 is 0.767 bits per heavy atom. The molecule has 7 rings (SSSR count). The second-order valence-corrected chi connectivity index (χ2v) is 12.5. The number of tetrazole rings is 1. The molecule has 2 aliphatic rings. The number of hydrogen-bond donors (Lipinski definition) is 1. The molecule has 2 aliphatic carbocycles. The maximum absolute atomic E-state index is 5.42. The molecule has 2 saturated carbocycles. The summed E-state index contributed by atoms with van der Waals surface area (Å²) in [5.74, 6) is 2.82. The molecule has 0 spiro atoms. The van der Waals surface area contributed by atoms with Gasteiger partial charge in [-0.25, -0.2) is 10.1 Å². The van der Waals surface area contributed by atoms with Crippen molar-refractivity contribution in [2.75, 3.05) is 0 Å². The molecule has 0 unspecified atom stereocenters. The monoisotopic (exact) mass is 574 g/mol. The fourth-order valence-electron chi connectivity index (χ4n) is 7.32. The van der Waals surface area contributed by atoms with Crippen LogP contribution in [0.5, 0.6) is 0 Å². The Morgan fingerprint density at radius 2 is 1.44 bits per heavy atom. The summed E-state index contributed by atoms with van der Waals surface area (Å²) in [7, 11) is 0. The van der Waals surface area contributed by atoms with Crippen LogP contribution in [0.2, 0.25) is 0 Å². The molecule has 8 heteroatoms. The van der Waals surface area contributed by atoms with Crippen molar-refractivity contribution < 1.29 is 0 Å². The first kappa shape index (κ1) is 27.9. The number of aryl methyl sites for hydroxylation is 1. The first-order chi connectivity index (χ1) is 21.3. The van der Waals surface area contributed by atoms with E-state index in [1.807, 2.05) is 6.07 Å². The van der Waals surface area contributed by atoms with E-state index < -0.39 is 0 Å². The molecule has 1 N–H and O–H groups in total. The summed E-state index contributed by atoms with van der Waals surface area (Å²) >= 11 is 0. The van der Waals surface area contributed by atoms with Gasteiger partial charge in [0.25, 0.3) is 0 Å². The van der Waals surface area contributed by atoms with Gasteiger partial charge in [0.1, 0.15) is 11.3 Å². The first-order valence-electron chi connectivity index (χ1n) is 16.5. The van der Waals surface area contributed by atoms with Crippen molar-refractivity contribution in [3.05, 3.63) is 71.3 Å². The maximum Gasteiger partial charge on any atom is 0.180 e. The highest BCUT2D eigenvalue weighted by Crippen LogP contribution is 2.40. The van der Waals surface area contributed by atoms with Gasteiger partial charge in [-0.15, -0.1) is 5.10 Å². The van der Waals surface area contributed by atoms with E-state index in [1.54, 1.807) is 0 Å². The molecule has 8 nitrogen and oxygen atoms in total. The third kappa shape index (κ3) is 5.71. The van der Waals surface area contributed by atoms with Gasteiger partial charge < -0.3 is 4.57 Å². The van der Waals surface area contributed by atoms with E-state index in [0.717, 1.165) is 53.7 Å². The Hall–Kier alpha value is -3.94. The van der Waals surface area contributed by atoms with Crippen LogP contribution in [0.1, 0.15) is 119 Å². The Morgan fingerprint density at radius 3 is 2.12 bits per heavy atom. The number of aromatic amines is 1. The Labute approximate surface area is 253 Å². The lowest BCUT2D eigenvalue weighted by atomic mass is 9.84. The molecule has 5 aromatic rings. The van der Waals surface area contributed by atoms with Crippen LogP contribution in [0, 0.1) is 0 Å². The quantitative estimate of drug-likeness (QED) is 0.191. The summed E-state index contributed by atoms with van der Waals surface area (Å²) in [6, 6.07) is 17.2. The van der Waals surface area contributed by atoms with E-state index in [0.29, 0.717) is 17.7 Å². The number of benzene rings is 2. The van der Waals surface area contributed by atoms with Crippen LogP contribution in [0.25, 0.3) is 33.5 Å². The van der Waals surface area contributed by atoms with Crippen molar-refractivity contribution in [2.45, 2.75) is 109 Å². The van der Waals surface area contributed by atoms with E-state index in [2.05, 4.69) is 74.6 Å². The summed E-state index contributed by atoms with van der Waals surface area (Å²) in [6.45, 7) is 3.06. The van der Waals surface area contributed by atoms with Crippen molar-refractivity contribution in [1.29, 1.82) is 0 Å². The third-order valence-corrected chi connectivity index (χ3v) is 9.67. The fourth-order valence-corrected chi connectivity index (χ4v) is 7.32. The molecule has 0 radical (unpaired) electrons.